The van der Waals surface area contributed by atoms with Crippen molar-refractivity contribution in [3.05, 3.63) is 53.6 Å². The molecule has 0 bridgehead atoms. The molecule has 0 radical (unpaired) electrons. The van der Waals surface area contributed by atoms with E-state index < -0.39 is 11.6 Å². The van der Waals surface area contributed by atoms with Crippen molar-refractivity contribution in [1.82, 2.24) is 4.90 Å². The normalized spacial score (nSPS) is 14.1. The number of anilines is 1. The molecule has 1 heterocycles. The summed E-state index contributed by atoms with van der Waals surface area (Å²) in [5.41, 5.74) is 0.787. The Balaban J connectivity index is 1.52. The van der Waals surface area contributed by atoms with Crippen molar-refractivity contribution in [2.75, 3.05) is 32.1 Å². The molecule has 2 aromatic rings. The van der Waals surface area contributed by atoms with Gasteiger partial charge in [-0.25, -0.2) is 9.59 Å². The van der Waals surface area contributed by atoms with E-state index in [0.717, 1.165) is 0 Å². The maximum atomic E-state index is 12.7. The van der Waals surface area contributed by atoms with E-state index in [1.54, 1.807) is 47.4 Å². The molecule has 9 heteroatoms. The molecule has 9 nitrogen and oxygen atoms in total. The summed E-state index contributed by atoms with van der Waals surface area (Å²) in [6, 6.07) is 11.4. The monoisotopic (exact) mass is 498 g/mol. The summed E-state index contributed by atoms with van der Waals surface area (Å²) in [5.74, 6) is 0.278. The van der Waals surface area contributed by atoms with Gasteiger partial charge in [0, 0.05) is 37.2 Å². The van der Waals surface area contributed by atoms with Crippen molar-refractivity contribution in [2.24, 2.45) is 0 Å². The van der Waals surface area contributed by atoms with Crippen molar-refractivity contribution in [1.29, 1.82) is 0 Å². The van der Waals surface area contributed by atoms with Crippen LogP contribution >= 0.6 is 0 Å². The SMILES string of the molecule is CCOc1cc(C(=O)Nc2ccc(C(=O)OC3CCN(C(=O)OC(C)(C)C)CC3)cc2)ccc1OC. The molecule has 1 saturated heterocycles. The van der Waals surface area contributed by atoms with Gasteiger partial charge in [-0.1, -0.05) is 0 Å². The summed E-state index contributed by atoms with van der Waals surface area (Å²) >= 11 is 0. The van der Waals surface area contributed by atoms with E-state index in [2.05, 4.69) is 5.32 Å². The number of methoxy groups -OCH3 is 1. The Bertz CT molecular complexity index is 1070. The maximum Gasteiger partial charge on any atom is 0.410 e. The lowest BCUT2D eigenvalue weighted by Crippen LogP contribution is -2.43. The molecule has 2 amide bonds. The standard InChI is InChI=1S/C27H34N2O7/c1-6-34-23-17-19(9-12-22(23)33-5)24(30)28-20-10-7-18(8-11-20)25(31)35-21-13-15-29(16-14-21)26(32)36-27(2,3)4/h7-12,17,21H,6,13-16H2,1-5H3,(H,28,30). The molecule has 0 atom stereocenters. The molecule has 0 unspecified atom stereocenters. The summed E-state index contributed by atoms with van der Waals surface area (Å²) in [6.45, 7) is 8.71. The van der Waals surface area contributed by atoms with Crippen molar-refractivity contribution in [3.63, 3.8) is 0 Å². The van der Waals surface area contributed by atoms with Crippen LogP contribution in [0.1, 0.15) is 61.3 Å². The Morgan fingerprint density at radius 1 is 0.972 bits per heavy atom. The molecule has 1 N–H and O–H groups in total. The minimum atomic E-state index is -0.549. The number of ether oxygens (including phenoxy) is 4. The van der Waals surface area contributed by atoms with E-state index in [-0.39, 0.29) is 18.1 Å². The zero-order chi connectivity index (χ0) is 26.3. The lowest BCUT2D eigenvalue weighted by Gasteiger charge is -2.33. The summed E-state index contributed by atoms with van der Waals surface area (Å²) in [6.07, 6.45) is 0.467. The number of carbonyl (C=O) groups is 3. The van der Waals surface area contributed by atoms with Crippen LogP contribution < -0.4 is 14.8 Å². The first kappa shape index (κ1) is 26.8. The van der Waals surface area contributed by atoms with Gasteiger partial charge < -0.3 is 29.2 Å². The Kier molecular flexibility index (Phi) is 8.79. The van der Waals surface area contributed by atoms with Crippen LogP contribution in [0.2, 0.25) is 0 Å². The average molecular weight is 499 g/mol. The van der Waals surface area contributed by atoms with Gasteiger partial charge in [-0.3, -0.25) is 4.79 Å². The van der Waals surface area contributed by atoms with Crippen LogP contribution in [0, 0.1) is 0 Å². The second-order valence-electron chi connectivity index (χ2n) is 9.40. The van der Waals surface area contributed by atoms with Gasteiger partial charge in [-0.2, -0.15) is 0 Å². The third-order valence-corrected chi connectivity index (χ3v) is 5.47. The predicted octanol–water partition coefficient (Wildman–Crippen LogP) is 4.90. The highest BCUT2D eigenvalue weighted by Crippen LogP contribution is 2.28. The topological polar surface area (TPSA) is 103 Å². The van der Waals surface area contributed by atoms with Crippen LogP contribution in [0.5, 0.6) is 11.5 Å². The van der Waals surface area contributed by atoms with Crippen molar-refractivity contribution in [3.8, 4) is 11.5 Å². The number of carbonyl (C=O) groups excluding carboxylic acids is 3. The van der Waals surface area contributed by atoms with E-state index in [9.17, 15) is 14.4 Å². The molecular formula is C27H34N2O7. The summed E-state index contributed by atoms with van der Waals surface area (Å²) in [4.78, 5) is 39.1. The van der Waals surface area contributed by atoms with Gasteiger partial charge in [0.15, 0.2) is 11.5 Å². The van der Waals surface area contributed by atoms with E-state index in [1.807, 2.05) is 27.7 Å². The molecule has 3 rings (SSSR count). The van der Waals surface area contributed by atoms with Gasteiger partial charge >= 0.3 is 12.1 Å². The van der Waals surface area contributed by atoms with E-state index >= 15 is 0 Å². The van der Waals surface area contributed by atoms with Crippen LogP contribution in [0.15, 0.2) is 42.5 Å². The predicted molar refractivity (Wildman–Crippen MR) is 135 cm³/mol. The molecule has 0 aliphatic carbocycles. The number of hydrogen-bond acceptors (Lipinski definition) is 7. The van der Waals surface area contributed by atoms with Gasteiger partial charge in [0.25, 0.3) is 5.91 Å². The average Bonchev–Trinajstić information content (AvgIpc) is 2.84. The molecule has 194 valence electrons. The fraction of sp³-hybridized carbons (Fsp3) is 0.444. The number of likely N-dealkylation sites (tertiary alicyclic amines) is 1. The second-order valence-corrected chi connectivity index (χ2v) is 9.40. The highest BCUT2D eigenvalue weighted by Gasteiger charge is 2.28. The van der Waals surface area contributed by atoms with Crippen LogP contribution in [-0.2, 0) is 9.47 Å². The number of piperidine rings is 1. The number of hydrogen-bond donors (Lipinski definition) is 1. The van der Waals surface area contributed by atoms with Gasteiger partial charge in [0.2, 0.25) is 0 Å². The lowest BCUT2D eigenvalue weighted by atomic mass is 10.1. The Morgan fingerprint density at radius 2 is 1.61 bits per heavy atom. The molecule has 1 aliphatic heterocycles. The zero-order valence-corrected chi connectivity index (χ0v) is 21.5. The third-order valence-electron chi connectivity index (χ3n) is 5.47. The number of esters is 1. The maximum absolute atomic E-state index is 12.7. The molecule has 2 aromatic carbocycles. The van der Waals surface area contributed by atoms with Gasteiger partial charge in [0.05, 0.1) is 19.3 Å². The second kappa shape index (κ2) is 11.8. The van der Waals surface area contributed by atoms with E-state index in [1.165, 1.54) is 7.11 Å². The first-order chi connectivity index (χ1) is 17.1. The van der Waals surface area contributed by atoms with E-state index in [0.29, 0.717) is 60.9 Å². The third kappa shape index (κ3) is 7.37. The van der Waals surface area contributed by atoms with Gasteiger partial charge in [-0.15, -0.1) is 0 Å². The van der Waals surface area contributed by atoms with E-state index in [4.69, 9.17) is 18.9 Å². The molecule has 1 fully saturated rings. The fourth-order valence-corrected chi connectivity index (χ4v) is 3.68. The molecule has 0 saturated carbocycles. The summed E-state index contributed by atoms with van der Waals surface area (Å²) in [7, 11) is 1.54. The van der Waals surface area contributed by atoms with Crippen LogP contribution in [0.25, 0.3) is 0 Å². The van der Waals surface area contributed by atoms with Crippen molar-refractivity contribution < 1.29 is 33.3 Å². The fourth-order valence-electron chi connectivity index (χ4n) is 3.68. The highest BCUT2D eigenvalue weighted by atomic mass is 16.6. The zero-order valence-electron chi connectivity index (χ0n) is 21.5. The molecule has 1 aliphatic rings. The Hall–Kier alpha value is -3.75. The molecule has 36 heavy (non-hydrogen) atoms. The van der Waals surface area contributed by atoms with Crippen molar-refractivity contribution in [2.45, 2.75) is 52.2 Å². The first-order valence-corrected chi connectivity index (χ1v) is 12.0. The largest absolute Gasteiger partial charge is 0.493 e. The quantitative estimate of drug-likeness (QED) is 0.542. The van der Waals surface area contributed by atoms with Crippen LogP contribution in [0.3, 0.4) is 0 Å². The van der Waals surface area contributed by atoms with Crippen LogP contribution in [0.4, 0.5) is 10.5 Å². The molecule has 0 aromatic heterocycles. The molecular weight excluding hydrogens is 464 g/mol. The Morgan fingerprint density at radius 3 is 2.19 bits per heavy atom. The smallest absolute Gasteiger partial charge is 0.410 e. The number of benzene rings is 2. The molecule has 0 spiro atoms. The highest BCUT2D eigenvalue weighted by molar-refractivity contribution is 6.04. The lowest BCUT2D eigenvalue weighted by molar-refractivity contribution is -0.00341. The number of nitrogens with one attached hydrogen (secondary N) is 1. The van der Waals surface area contributed by atoms with Crippen molar-refractivity contribution >= 4 is 23.7 Å². The van der Waals surface area contributed by atoms with Crippen LogP contribution in [-0.4, -0.2) is 61.4 Å². The minimum absolute atomic E-state index is 0.273. The van der Waals surface area contributed by atoms with Gasteiger partial charge in [0.1, 0.15) is 11.7 Å². The Labute approximate surface area is 211 Å². The summed E-state index contributed by atoms with van der Waals surface area (Å²) < 4.78 is 21.8. The number of amides is 2. The van der Waals surface area contributed by atoms with Gasteiger partial charge in [-0.05, 0) is 70.2 Å². The number of rotatable bonds is 7. The number of nitrogens with zero attached hydrogens (tertiary/aromatic N) is 1. The summed E-state index contributed by atoms with van der Waals surface area (Å²) in [5, 5.41) is 2.81. The minimum Gasteiger partial charge on any atom is -0.493 e. The first-order valence-electron chi connectivity index (χ1n) is 12.0.